The molecule has 102 valence electrons. The molecular formula is C13H15Cl2N3O. The summed E-state index contributed by atoms with van der Waals surface area (Å²) in [5.41, 5.74) is 6.67. The molecule has 2 aromatic rings. The van der Waals surface area contributed by atoms with Gasteiger partial charge in [-0.3, -0.25) is 0 Å². The van der Waals surface area contributed by atoms with Gasteiger partial charge in [0.25, 0.3) is 0 Å². The molecule has 6 heteroatoms. The summed E-state index contributed by atoms with van der Waals surface area (Å²) in [6, 6.07) is 9.32. The average molecular weight is 300 g/mol. The molecule has 1 aromatic heterocycles. The van der Waals surface area contributed by atoms with Crippen molar-refractivity contribution in [3.05, 3.63) is 46.9 Å². The lowest BCUT2D eigenvalue weighted by molar-refractivity contribution is 0.459. The van der Waals surface area contributed by atoms with Gasteiger partial charge in [0.15, 0.2) is 0 Å². The fourth-order valence-electron chi connectivity index (χ4n) is 1.57. The number of nitrogens with zero attached hydrogens (tertiary/aromatic N) is 2. The Kier molecular flexibility index (Phi) is 6.02. The van der Waals surface area contributed by atoms with Crippen LogP contribution in [0.4, 0.5) is 0 Å². The second-order valence-electron chi connectivity index (χ2n) is 3.86. The predicted molar refractivity (Wildman–Crippen MR) is 78.3 cm³/mol. The minimum Gasteiger partial charge on any atom is -0.439 e. The van der Waals surface area contributed by atoms with Gasteiger partial charge < -0.3 is 10.5 Å². The number of hydrogen-bond donors (Lipinski definition) is 1. The van der Waals surface area contributed by atoms with Crippen molar-refractivity contribution in [3.8, 4) is 11.6 Å². The first kappa shape index (κ1) is 15.7. The second-order valence-corrected chi connectivity index (χ2v) is 4.25. The number of nitrogens with two attached hydrogens (primary N) is 1. The van der Waals surface area contributed by atoms with Crippen molar-refractivity contribution in [2.24, 2.45) is 5.73 Å². The number of ether oxygens (including phenoxy) is 1. The Morgan fingerprint density at radius 2 is 1.89 bits per heavy atom. The van der Waals surface area contributed by atoms with E-state index in [0.29, 0.717) is 29.2 Å². The van der Waals surface area contributed by atoms with Crippen LogP contribution in [0.2, 0.25) is 5.15 Å². The molecule has 0 saturated carbocycles. The summed E-state index contributed by atoms with van der Waals surface area (Å²) in [4.78, 5) is 8.13. The van der Waals surface area contributed by atoms with Crippen molar-refractivity contribution >= 4 is 24.0 Å². The van der Waals surface area contributed by atoms with Crippen molar-refractivity contribution in [2.75, 3.05) is 6.54 Å². The van der Waals surface area contributed by atoms with Gasteiger partial charge in [0, 0.05) is 6.07 Å². The molecule has 0 unspecified atom stereocenters. The molecule has 0 fully saturated rings. The van der Waals surface area contributed by atoms with Crippen molar-refractivity contribution < 1.29 is 4.74 Å². The molecule has 2 N–H and O–H groups in total. The van der Waals surface area contributed by atoms with E-state index in [1.807, 2.05) is 24.3 Å². The van der Waals surface area contributed by atoms with E-state index in [0.717, 1.165) is 6.42 Å². The summed E-state index contributed by atoms with van der Waals surface area (Å²) in [6.45, 7) is 2.41. The monoisotopic (exact) mass is 299 g/mol. The van der Waals surface area contributed by atoms with Gasteiger partial charge in [0.05, 0.1) is 0 Å². The highest BCUT2D eigenvalue weighted by atomic mass is 35.5. The van der Waals surface area contributed by atoms with Crippen LogP contribution in [-0.2, 0) is 6.42 Å². The van der Waals surface area contributed by atoms with Crippen LogP contribution in [-0.4, -0.2) is 16.5 Å². The second kappa shape index (κ2) is 7.28. The average Bonchev–Trinajstić information content (AvgIpc) is 2.31. The summed E-state index contributed by atoms with van der Waals surface area (Å²) < 4.78 is 5.61. The molecule has 0 aliphatic heterocycles. The van der Waals surface area contributed by atoms with Gasteiger partial charge in [-0.25, -0.2) is 4.98 Å². The zero-order chi connectivity index (χ0) is 13.0. The van der Waals surface area contributed by atoms with Gasteiger partial charge in [-0.2, -0.15) is 4.98 Å². The van der Waals surface area contributed by atoms with E-state index in [-0.39, 0.29) is 12.4 Å². The van der Waals surface area contributed by atoms with E-state index < -0.39 is 0 Å². The standard InChI is InChI=1S/C13H14ClN3O.ClH/c1-9-16-12(14)8-13(17-9)18-11-4-2-10(3-5-11)6-7-15;/h2-5,8H,6-7,15H2,1H3;1H. The molecule has 4 nitrogen and oxygen atoms in total. The van der Waals surface area contributed by atoms with Crippen molar-refractivity contribution in [3.63, 3.8) is 0 Å². The van der Waals surface area contributed by atoms with E-state index in [4.69, 9.17) is 22.1 Å². The van der Waals surface area contributed by atoms with Crippen molar-refractivity contribution in [2.45, 2.75) is 13.3 Å². The highest BCUT2D eigenvalue weighted by Crippen LogP contribution is 2.22. The normalized spacial score (nSPS) is 9.84. The van der Waals surface area contributed by atoms with E-state index in [1.165, 1.54) is 5.56 Å². The summed E-state index contributed by atoms with van der Waals surface area (Å²) in [5, 5.41) is 0.372. The predicted octanol–water partition coefficient (Wildman–Crippen LogP) is 3.15. The molecular weight excluding hydrogens is 285 g/mol. The van der Waals surface area contributed by atoms with Crippen molar-refractivity contribution in [1.29, 1.82) is 0 Å². The first-order chi connectivity index (χ1) is 8.67. The Balaban J connectivity index is 0.00000180. The molecule has 0 amide bonds. The highest BCUT2D eigenvalue weighted by Gasteiger charge is 2.02. The molecule has 2 rings (SSSR count). The van der Waals surface area contributed by atoms with Gasteiger partial charge >= 0.3 is 0 Å². The van der Waals surface area contributed by atoms with E-state index in [2.05, 4.69) is 9.97 Å². The maximum atomic E-state index is 5.84. The number of hydrogen-bond acceptors (Lipinski definition) is 4. The molecule has 1 aromatic carbocycles. The topological polar surface area (TPSA) is 61.0 Å². The number of aromatic nitrogens is 2. The molecule has 0 spiro atoms. The quantitative estimate of drug-likeness (QED) is 0.881. The molecule has 0 radical (unpaired) electrons. The first-order valence-corrected chi connectivity index (χ1v) is 6.03. The molecule has 0 aliphatic carbocycles. The highest BCUT2D eigenvalue weighted by molar-refractivity contribution is 6.29. The number of benzene rings is 1. The Labute approximate surface area is 123 Å². The van der Waals surface area contributed by atoms with Gasteiger partial charge in [-0.15, -0.1) is 12.4 Å². The maximum absolute atomic E-state index is 5.84. The zero-order valence-corrected chi connectivity index (χ0v) is 12.0. The van der Waals surface area contributed by atoms with E-state index in [1.54, 1.807) is 13.0 Å². The number of rotatable bonds is 4. The number of halogens is 2. The largest absolute Gasteiger partial charge is 0.439 e. The fourth-order valence-corrected chi connectivity index (χ4v) is 1.78. The third-order valence-electron chi connectivity index (χ3n) is 2.36. The van der Waals surface area contributed by atoms with Crippen LogP contribution in [0.25, 0.3) is 0 Å². The maximum Gasteiger partial charge on any atom is 0.224 e. The lowest BCUT2D eigenvalue weighted by Gasteiger charge is -2.06. The third kappa shape index (κ3) is 4.67. The SMILES string of the molecule is Cc1nc(Cl)cc(Oc2ccc(CCN)cc2)n1.Cl. The number of aryl methyl sites for hydroxylation is 1. The van der Waals surface area contributed by atoms with Crippen LogP contribution >= 0.6 is 24.0 Å². The van der Waals surface area contributed by atoms with E-state index >= 15 is 0 Å². The lowest BCUT2D eigenvalue weighted by atomic mass is 10.1. The first-order valence-electron chi connectivity index (χ1n) is 5.65. The van der Waals surface area contributed by atoms with E-state index in [9.17, 15) is 0 Å². The minimum atomic E-state index is 0. The van der Waals surface area contributed by atoms with Crippen LogP contribution in [0.3, 0.4) is 0 Å². The van der Waals surface area contributed by atoms with Crippen LogP contribution in [0, 0.1) is 6.92 Å². The summed E-state index contributed by atoms with van der Waals surface area (Å²) in [6.07, 6.45) is 0.860. The lowest BCUT2D eigenvalue weighted by Crippen LogP contribution is -2.02. The Bertz CT molecular complexity index is 512. The Morgan fingerprint density at radius 1 is 1.21 bits per heavy atom. The minimum absolute atomic E-state index is 0. The molecule has 1 heterocycles. The fraction of sp³-hybridized carbons (Fsp3) is 0.231. The molecule has 19 heavy (non-hydrogen) atoms. The molecule has 0 aliphatic rings. The van der Waals surface area contributed by atoms with Gasteiger partial charge in [-0.1, -0.05) is 23.7 Å². The van der Waals surface area contributed by atoms with Crippen molar-refractivity contribution in [1.82, 2.24) is 9.97 Å². The van der Waals surface area contributed by atoms with Gasteiger partial charge in [-0.05, 0) is 37.6 Å². The van der Waals surface area contributed by atoms with Crippen LogP contribution < -0.4 is 10.5 Å². The zero-order valence-electron chi connectivity index (χ0n) is 10.5. The summed E-state index contributed by atoms with van der Waals surface area (Å²) in [7, 11) is 0. The van der Waals surface area contributed by atoms with Crippen LogP contribution in [0.1, 0.15) is 11.4 Å². The van der Waals surface area contributed by atoms with Crippen LogP contribution in [0.5, 0.6) is 11.6 Å². The summed E-state index contributed by atoms with van der Waals surface area (Å²) in [5.74, 6) is 1.74. The Morgan fingerprint density at radius 3 is 2.47 bits per heavy atom. The summed E-state index contributed by atoms with van der Waals surface area (Å²) >= 11 is 5.84. The van der Waals surface area contributed by atoms with Gasteiger partial charge in [0.1, 0.15) is 16.7 Å². The Hall–Kier alpha value is -1.36. The third-order valence-corrected chi connectivity index (χ3v) is 2.56. The molecule has 0 saturated heterocycles. The smallest absolute Gasteiger partial charge is 0.224 e. The van der Waals surface area contributed by atoms with Gasteiger partial charge in [0.2, 0.25) is 5.88 Å². The molecule has 0 bridgehead atoms. The molecule has 0 atom stereocenters. The van der Waals surface area contributed by atoms with Crippen LogP contribution in [0.15, 0.2) is 30.3 Å².